The Kier molecular flexibility index (Phi) is 2.63. The molecule has 1 N–H and O–H groups in total. The molecule has 0 aromatic heterocycles. The molecule has 1 aliphatic carbocycles. The van der Waals surface area contributed by atoms with Crippen molar-refractivity contribution in [1.29, 1.82) is 0 Å². The molecule has 1 rings (SSSR count). The van der Waals surface area contributed by atoms with Crippen molar-refractivity contribution in [3.05, 3.63) is 0 Å². The van der Waals surface area contributed by atoms with Crippen LogP contribution in [0, 0.1) is 11.8 Å². The summed E-state index contributed by atoms with van der Waals surface area (Å²) in [5.74, 6) is 1.42. The number of hydrogen-bond acceptors (Lipinski definition) is 1. The van der Waals surface area contributed by atoms with Crippen molar-refractivity contribution in [3.8, 4) is 0 Å². The van der Waals surface area contributed by atoms with Crippen LogP contribution in [0.5, 0.6) is 0 Å². The average molecular weight is 154 g/mol. The van der Waals surface area contributed by atoms with Gasteiger partial charge in [-0.15, -0.1) is 0 Å². The smallest absolute Gasteiger partial charge is 0.142 e. The Morgan fingerprint density at radius 1 is 1.27 bits per heavy atom. The van der Waals surface area contributed by atoms with Crippen LogP contribution in [-0.2, 0) is 0 Å². The van der Waals surface area contributed by atoms with Crippen molar-refractivity contribution in [2.75, 3.05) is 0 Å². The molecule has 1 unspecified atom stereocenters. The first-order chi connectivity index (χ1) is 5.00. The molecular formula is C9H19BO. The predicted octanol–water partition coefficient (Wildman–Crippen LogP) is 1.15. The van der Waals surface area contributed by atoms with Gasteiger partial charge >= 0.3 is 0 Å². The summed E-state index contributed by atoms with van der Waals surface area (Å²) in [7, 11) is 1.94. The third-order valence-electron chi connectivity index (χ3n) is 3.01. The van der Waals surface area contributed by atoms with Crippen molar-refractivity contribution >= 4 is 7.85 Å². The third kappa shape index (κ3) is 2.51. The Hall–Kier alpha value is 0.0249. The Bertz CT molecular complexity index is 120. The molecular weight excluding hydrogens is 135 g/mol. The van der Waals surface area contributed by atoms with Gasteiger partial charge in [0.05, 0.1) is 0 Å². The maximum atomic E-state index is 9.73. The van der Waals surface area contributed by atoms with E-state index in [1.54, 1.807) is 0 Å². The zero-order chi connectivity index (χ0) is 8.48. The molecule has 1 fully saturated rings. The highest BCUT2D eigenvalue weighted by Crippen LogP contribution is 2.33. The minimum atomic E-state index is -0.444. The highest BCUT2D eigenvalue weighted by molar-refractivity contribution is 6.14. The highest BCUT2D eigenvalue weighted by Gasteiger charge is 2.29. The first-order valence-electron chi connectivity index (χ1n) is 4.72. The summed E-state index contributed by atoms with van der Waals surface area (Å²) in [6.07, 6.45) is 5.03. The summed E-state index contributed by atoms with van der Waals surface area (Å²) < 4.78 is 0. The Morgan fingerprint density at radius 2 is 1.73 bits per heavy atom. The van der Waals surface area contributed by atoms with Gasteiger partial charge in [-0.2, -0.15) is 0 Å². The summed E-state index contributed by atoms with van der Waals surface area (Å²) in [6, 6.07) is 0. The Balaban J connectivity index is 2.39. The van der Waals surface area contributed by atoms with Gasteiger partial charge in [0, 0.05) is 5.50 Å². The molecule has 0 aromatic carbocycles. The van der Waals surface area contributed by atoms with Crippen LogP contribution in [0.15, 0.2) is 0 Å². The number of rotatable bonds is 1. The fourth-order valence-corrected chi connectivity index (χ4v) is 1.97. The lowest BCUT2D eigenvalue weighted by atomic mass is 9.66. The maximum Gasteiger partial charge on any atom is 0.142 e. The van der Waals surface area contributed by atoms with Crippen molar-refractivity contribution in [1.82, 2.24) is 0 Å². The fraction of sp³-hybridized carbons (Fsp3) is 1.00. The first-order valence-corrected chi connectivity index (χ1v) is 4.72. The minimum Gasteiger partial charge on any atom is -0.399 e. The maximum absolute atomic E-state index is 9.73. The Labute approximate surface area is 70.6 Å². The summed E-state index contributed by atoms with van der Waals surface area (Å²) >= 11 is 0. The quantitative estimate of drug-likeness (QED) is 0.562. The fourth-order valence-electron chi connectivity index (χ4n) is 1.97. The van der Waals surface area contributed by atoms with E-state index in [0.29, 0.717) is 5.92 Å². The van der Waals surface area contributed by atoms with Gasteiger partial charge < -0.3 is 5.11 Å². The summed E-state index contributed by atoms with van der Waals surface area (Å²) in [6.45, 7) is 4.24. The lowest BCUT2D eigenvalue weighted by Gasteiger charge is -2.34. The van der Waals surface area contributed by atoms with E-state index in [1.807, 2.05) is 14.8 Å². The van der Waals surface area contributed by atoms with Crippen LogP contribution < -0.4 is 0 Å². The van der Waals surface area contributed by atoms with Crippen LogP contribution in [0.1, 0.15) is 39.5 Å². The molecule has 0 bridgehead atoms. The van der Waals surface area contributed by atoms with Crippen LogP contribution in [0.25, 0.3) is 0 Å². The zero-order valence-electron chi connectivity index (χ0n) is 7.93. The second-order valence-electron chi connectivity index (χ2n) is 4.61. The molecule has 0 amide bonds. The molecule has 0 aromatic rings. The monoisotopic (exact) mass is 154 g/mol. The van der Waals surface area contributed by atoms with E-state index in [9.17, 15) is 5.11 Å². The second-order valence-corrected chi connectivity index (χ2v) is 4.61. The van der Waals surface area contributed by atoms with Gasteiger partial charge in [0.2, 0.25) is 0 Å². The van der Waals surface area contributed by atoms with Crippen LogP contribution in [0.3, 0.4) is 0 Å². The molecule has 11 heavy (non-hydrogen) atoms. The molecule has 2 heteroatoms. The van der Waals surface area contributed by atoms with Crippen molar-refractivity contribution < 1.29 is 5.11 Å². The van der Waals surface area contributed by atoms with Gasteiger partial charge in [0.25, 0.3) is 0 Å². The average Bonchev–Trinajstić information content (AvgIpc) is 1.86. The molecule has 64 valence electrons. The predicted molar refractivity (Wildman–Crippen MR) is 50.3 cm³/mol. The number of hydrogen-bond donors (Lipinski definition) is 1. The Morgan fingerprint density at radius 3 is 2.09 bits per heavy atom. The van der Waals surface area contributed by atoms with Gasteiger partial charge in [-0.3, -0.25) is 0 Å². The van der Waals surface area contributed by atoms with Crippen molar-refractivity contribution in [2.45, 2.75) is 45.0 Å². The van der Waals surface area contributed by atoms with Crippen LogP contribution in [-0.4, -0.2) is 18.5 Å². The molecule has 1 saturated carbocycles. The lowest BCUT2D eigenvalue weighted by Crippen LogP contribution is -2.37. The van der Waals surface area contributed by atoms with Gasteiger partial charge in [-0.1, -0.05) is 19.8 Å². The van der Waals surface area contributed by atoms with E-state index < -0.39 is 5.50 Å². The summed E-state index contributed by atoms with van der Waals surface area (Å²) in [5.41, 5.74) is -0.444. The van der Waals surface area contributed by atoms with Crippen LogP contribution in [0.2, 0.25) is 0 Å². The van der Waals surface area contributed by atoms with E-state index in [0.717, 1.165) is 5.92 Å². The van der Waals surface area contributed by atoms with E-state index in [4.69, 9.17) is 0 Å². The van der Waals surface area contributed by atoms with Gasteiger partial charge in [-0.25, -0.2) is 0 Å². The second kappa shape index (κ2) is 3.18. The van der Waals surface area contributed by atoms with E-state index in [-0.39, 0.29) is 0 Å². The van der Waals surface area contributed by atoms with Gasteiger partial charge in [0.1, 0.15) is 7.85 Å². The van der Waals surface area contributed by atoms with Gasteiger partial charge in [-0.05, 0) is 31.6 Å². The van der Waals surface area contributed by atoms with Crippen molar-refractivity contribution in [3.63, 3.8) is 0 Å². The molecule has 0 saturated heterocycles. The number of aliphatic hydroxyl groups is 1. The van der Waals surface area contributed by atoms with E-state index >= 15 is 0 Å². The standard InChI is InChI=1S/C9H19BO/c1-7-3-5-8(6-4-7)9(2,10)11/h7-8,11H,3-6,10H2,1-2H3. The van der Waals surface area contributed by atoms with E-state index in [2.05, 4.69) is 6.92 Å². The highest BCUT2D eigenvalue weighted by atomic mass is 16.3. The molecule has 0 spiro atoms. The van der Waals surface area contributed by atoms with Crippen molar-refractivity contribution in [2.24, 2.45) is 11.8 Å². The summed E-state index contributed by atoms with van der Waals surface area (Å²) in [5, 5.41) is 9.73. The molecule has 0 aliphatic heterocycles. The van der Waals surface area contributed by atoms with Gasteiger partial charge in [0.15, 0.2) is 0 Å². The largest absolute Gasteiger partial charge is 0.399 e. The van der Waals surface area contributed by atoms with Crippen LogP contribution >= 0.6 is 0 Å². The SMILES string of the molecule is BC(C)(O)C1CCC(C)CC1. The summed E-state index contributed by atoms with van der Waals surface area (Å²) in [4.78, 5) is 0. The zero-order valence-corrected chi connectivity index (χ0v) is 7.93. The first kappa shape index (κ1) is 9.12. The van der Waals surface area contributed by atoms with Crippen LogP contribution in [0.4, 0.5) is 0 Å². The minimum absolute atomic E-state index is 0.444. The third-order valence-corrected chi connectivity index (χ3v) is 3.01. The normalized spacial score (nSPS) is 38.1. The molecule has 1 aliphatic rings. The molecule has 0 radical (unpaired) electrons. The topological polar surface area (TPSA) is 20.2 Å². The molecule has 1 nitrogen and oxygen atoms in total. The van der Waals surface area contributed by atoms with E-state index in [1.165, 1.54) is 25.7 Å². The molecule has 1 atom stereocenters. The lowest BCUT2D eigenvalue weighted by molar-refractivity contribution is 0.0519. The molecule has 0 heterocycles.